The summed E-state index contributed by atoms with van der Waals surface area (Å²) < 4.78 is 5.74. The second-order valence-corrected chi connectivity index (χ2v) is 8.27. The molecule has 0 bridgehead atoms. The Balaban J connectivity index is 1.37. The molecule has 5 nitrogen and oxygen atoms in total. The molecule has 1 aliphatic rings. The minimum absolute atomic E-state index is 0.0319. The second kappa shape index (κ2) is 8.27. The predicted molar refractivity (Wildman–Crippen MR) is 115 cm³/mol. The van der Waals surface area contributed by atoms with Crippen LogP contribution in [-0.2, 0) is 4.79 Å². The highest BCUT2D eigenvalue weighted by atomic mass is 16.5. The maximum absolute atomic E-state index is 12.9. The molecule has 5 heteroatoms. The highest BCUT2D eigenvalue weighted by molar-refractivity contribution is 5.85. The van der Waals surface area contributed by atoms with Gasteiger partial charge in [0.25, 0.3) is 0 Å². The van der Waals surface area contributed by atoms with E-state index in [0.717, 1.165) is 29.1 Å². The first-order valence-corrected chi connectivity index (χ1v) is 10.5. The van der Waals surface area contributed by atoms with E-state index in [9.17, 15) is 4.79 Å². The average molecular weight is 392 g/mol. The first kappa shape index (κ1) is 19.5. The van der Waals surface area contributed by atoms with Gasteiger partial charge in [0.15, 0.2) is 0 Å². The number of rotatable bonds is 8. The standard InChI is InChI=1S/C24H29N3O2/c1-15(21-6-4-5-19-11-12-25-23(19)21)16(2)24(28)27-17(3)22-10-9-20(13-26-22)29-14-18-7-8-18/h4-6,9-13,15-18,25H,7-8,14H2,1-3H3,(H,27,28)/t15-,16-,17-/m1/s1. The van der Waals surface area contributed by atoms with E-state index in [1.807, 2.05) is 38.2 Å². The van der Waals surface area contributed by atoms with E-state index in [2.05, 4.69) is 40.4 Å². The number of carbonyl (C=O) groups excluding carboxylic acids is 1. The number of nitrogens with zero attached hydrogens (tertiary/aromatic N) is 1. The number of carbonyl (C=O) groups is 1. The number of pyridine rings is 1. The van der Waals surface area contributed by atoms with Crippen molar-refractivity contribution in [3.8, 4) is 5.75 Å². The molecule has 1 aliphatic carbocycles. The number of ether oxygens (including phenoxy) is 1. The summed E-state index contributed by atoms with van der Waals surface area (Å²) in [6, 6.07) is 12.0. The molecule has 0 unspecified atom stereocenters. The van der Waals surface area contributed by atoms with E-state index < -0.39 is 0 Å². The van der Waals surface area contributed by atoms with Gasteiger partial charge in [-0.1, -0.05) is 32.0 Å². The Labute approximate surface area is 171 Å². The molecule has 0 saturated heterocycles. The van der Waals surface area contributed by atoms with Gasteiger partial charge in [-0.3, -0.25) is 9.78 Å². The molecule has 2 N–H and O–H groups in total. The monoisotopic (exact) mass is 391 g/mol. The molecule has 0 spiro atoms. The van der Waals surface area contributed by atoms with Crippen molar-refractivity contribution >= 4 is 16.8 Å². The fourth-order valence-electron chi connectivity index (χ4n) is 3.64. The molecule has 0 aliphatic heterocycles. The summed E-state index contributed by atoms with van der Waals surface area (Å²) in [6.07, 6.45) is 6.23. The minimum atomic E-state index is -0.160. The van der Waals surface area contributed by atoms with Crippen LogP contribution in [0.3, 0.4) is 0 Å². The zero-order valence-electron chi connectivity index (χ0n) is 17.3. The van der Waals surface area contributed by atoms with Crippen LogP contribution in [0, 0.1) is 11.8 Å². The Bertz CT molecular complexity index is 975. The Morgan fingerprint density at radius 2 is 2.03 bits per heavy atom. The summed E-state index contributed by atoms with van der Waals surface area (Å²) in [5.74, 6) is 1.47. The number of fused-ring (bicyclic) bond motifs is 1. The smallest absolute Gasteiger partial charge is 0.223 e. The quantitative estimate of drug-likeness (QED) is 0.570. The molecule has 0 radical (unpaired) electrons. The number of aromatic amines is 1. The lowest BCUT2D eigenvalue weighted by atomic mass is 9.87. The van der Waals surface area contributed by atoms with Crippen molar-refractivity contribution in [2.24, 2.45) is 11.8 Å². The minimum Gasteiger partial charge on any atom is -0.492 e. The van der Waals surface area contributed by atoms with Crippen molar-refractivity contribution in [3.05, 3.63) is 60.0 Å². The van der Waals surface area contributed by atoms with E-state index in [0.29, 0.717) is 5.92 Å². The number of benzene rings is 1. The molecule has 2 aromatic heterocycles. The van der Waals surface area contributed by atoms with Gasteiger partial charge in [0.1, 0.15) is 5.75 Å². The van der Waals surface area contributed by atoms with Crippen LogP contribution in [0.1, 0.15) is 56.8 Å². The third-order valence-corrected chi connectivity index (χ3v) is 6.02. The fraction of sp³-hybridized carbons (Fsp3) is 0.417. The van der Waals surface area contributed by atoms with Gasteiger partial charge in [-0.2, -0.15) is 0 Å². The van der Waals surface area contributed by atoms with Gasteiger partial charge in [0, 0.05) is 17.6 Å². The molecular formula is C24H29N3O2. The number of hydrogen-bond acceptors (Lipinski definition) is 3. The largest absolute Gasteiger partial charge is 0.492 e. The maximum atomic E-state index is 12.9. The first-order chi connectivity index (χ1) is 14.0. The summed E-state index contributed by atoms with van der Waals surface area (Å²) in [5, 5.41) is 4.29. The van der Waals surface area contributed by atoms with Crippen LogP contribution < -0.4 is 10.1 Å². The molecule has 3 aromatic rings. The number of aromatic nitrogens is 2. The lowest BCUT2D eigenvalue weighted by Gasteiger charge is -2.23. The second-order valence-electron chi connectivity index (χ2n) is 8.27. The van der Waals surface area contributed by atoms with Gasteiger partial charge in [-0.25, -0.2) is 0 Å². The molecule has 2 heterocycles. The van der Waals surface area contributed by atoms with Crippen molar-refractivity contribution in [1.29, 1.82) is 0 Å². The Morgan fingerprint density at radius 1 is 1.21 bits per heavy atom. The highest BCUT2D eigenvalue weighted by Crippen LogP contribution is 2.31. The summed E-state index contributed by atoms with van der Waals surface area (Å²) in [6.45, 7) is 6.83. The number of H-pyrrole nitrogens is 1. The van der Waals surface area contributed by atoms with Crippen LogP contribution in [0.5, 0.6) is 5.75 Å². The Morgan fingerprint density at radius 3 is 2.76 bits per heavy atom. The van der Waals surface area contributed by atoms with E-state index in [1.54, 1.807) is 6.20 Å². The number of nitrogens with one attached hydrogen (secondary N) is 2. The number of hydrogen-bond donors (Lipinski definition) is 2. The topological polar surface area (TPSA) is 67.0 Å². The van der Waals surface area contributed by atoms with E-state index >= 15 is 0 Å². The Hall–Kier alpha value is -2.82. The normalized spacial score (nSPS) is 16.9. The molecule has 1 aromatic carbocycles. The van der Waals surface area contributed by atoms with Crippen molar-refractivity contribution in [2.75, 3.05) is 6.61 Å². The van der Waals surface area contributed by atoms with Crippen molar-refractivity contribution in [3.63, 3.8) is 0 Å². The molecule has 4 rings (SSSR count). The van der Waals surface area contributed by atoms with E-state index in [-0.39, 0.29) is 23.8 Å². The van der Waals surface area contributed by atoms with E-state index in [1.165, 1.54) is 18.2 Å². The SMILES string of the molecule is C[C@@H](NC(=O)[C@H](C)[C@@H](C)c1cccc2cc[nH]c12)c1ccc(OCC2CC2)cn1. The van der Waals surface area contributed by atoms with Gasteiger partial charge in [0.05, 0.1) is 24.5 Å². The molecule has 3 atom stereocenters. The van der Waals surface area contributed by atoms with Gasteiger partial charge >= 0.3 is 0 Å². The number of para-hydroxylation sites is 1. The van der Waals surface area contributed by atoms with Gasteiger partial charge in [-0.05, 0) is 60.7 Å². The van der Waals surface area contributed by atoms with Crippen LogP contribution >= 0.6 is 0 Å². The fourth-order valence-corrected chi connectivity index (χ4v) is 3.64. The zero-order valence-corrected chi connectivity index (χ0v) is 17.3. The van der Waals surface area contributed by atoms with Crippen molar-refractivity contribution in [2.45, 2.75) is 45.6 Å². The molecule has 1 saturated carbocycles. The van der Waals surface area contributed by atoms with Crippen LogP contribution in [0.15, 0.2) is 48.8 Å². The van der Waals surface area contributed by atoms with Crippen molar-refractivity contribution < 1.29 is 9.53 Å². The van der Waals surface area contributed by atoms with Gasteiger partial charge < -0.3 is 15.0 Å². The third kappa shape index (κ3) is 4.44. The van der Waals surface area contributed by atoms with Crippen LogP contribution in [-0.4, -0.2) is 22.5 Å². The van der Waals surface area contributed by atoms with E-state index in [4.69, 9.17) is 4.74 Å². The first-order valence-electron chi connectivity index (χ1n) is 10.5. The zero-order chi connectivity index (χ0) is 20.4. The average Bonchev–Trinajstić information content (AvgIpc) is 3.45. The lowest BCUT2D eigenvalue weighted by Crippen LogP contribution is -2.34. The highest BCUT2D eigenvalue weighted by Gasteiger charge is 2.25. The summed E-state index contributed by atoms with van der Waals surface area (Å²) in [4.78, 5) is 20.7. The molecular weight excluding hydrogens is 362 g/mol. The molecule has 1 amide bonds. The lowest BCUT2D eigenvalue weighted by molar-refractivity contribution is -0.125. The molecule has 29 heavy (non-hydrogen) atoms. The van der Waals surface area contributed by atoms with Gasteiger partial charge in [0.2, 0.25) is 5.91 Å². The summed E-state index contributed by atoms with van der Waals surface area (Å²) in [5.41, 5.74) is 3.11. The number of amides is 1. The van der Waals surface area contributed by atoms with Crippen LogP contribution in [0.25, 0.3) is 10.9 Å². The molecule has 152 valence electrons. The molecule has 1 fully saturated rings. The van der Waals surface area contributed by atoms with Gasteiger partial charge in [-0.15, -0.1) is 0 Å². The summed E-state index contributed by atoms with van der Waals surface area (Å²) in [7, 11) is 0. The van der Waals surface area contributed by atoms with Crippen LogP contribution in [0.2, 0.25) is 0 Å². The Kier molecular flexibility index (Phi) is 5.56. The summed E-state index contributed by atoms with van der Waals surface area (Å²) >= 11 is 0. The third-order valence-electron chi connectivity index (χ3n) is 6.02. The predicted octanol–water partition coefficient (Wildman–Crippen LogP) is 4.97. The van der Waals surface area contributed by atoms with Crippen molar-refractivity contribution in [1.82, 2.24) is 15.3 Å². The van der Waals surface area contributed by atoms with Crippen LogP contribution in [0.4, 0.5) is 0 Å². The maximum Gasteiger partial charge on any atom is 0.223 e.